The van der Waals surface area contributed by atoms with E-state index in [1.54, 1.807) is 31.4 Å². The number of benzene rings is 2. The zero-order chi connectivity index (χ0) is 16.9. The molecule has 0 spiro atoms. The van der Waals surface area contributed by atoms with Crippen LogP contribution in [0.15, 0.2) is 85.2 Å². The molecule has 5 heteroatoms. The molecule has 5 nitrogen and oxygen atoms in total. The van der Waals surface area contributed by atoms with Gasteiger partial charge in [0, 0.05) is 29.0 Å². The average molecular weight is 322 g/mol. The Balaban J connectivity index is 0.000000143. The van der Waals surface area contributed by atoms with E-state index in [1.165, 1.54) is 12.1 Å². The van der Waals surface area contributed by atoms with Crippen LogP contribution in [0.5, 0.6) is 5.75 Å². The number of ether oxygens (including phenoxy) is 1. The standard InChI is InChI=1S/C10H8O3.C9H6O2/c1-12-8-4-2-7-3-5-10(11)13-9(7)6-8;10-9-6-5-7-3-1-2-4-8(7)11-9/h2-6H,1H3;1-6H. The third kappa shape index (κ3) is 3.52. The van der Waals surface area contributed by atoms with E-state index in [0.29, 0.717) is 16.9 Å². The third-order valence-electron chi connectivity index (χ3n) is 3.36. The van der Waals surface area contributed by atoms with Crippen LogP contribution in [0.25, 0.3) is 21.9 Å². The number of methoxy groups -OCH3 is 1. The fourth-order valence-electron chi connectivity index (χ4n) is 2.18. The lowest BCUT2D eigenvalue weighted by Crippen LogP contribution is -1.94. The van der Waals surface area contributed by atoms with Gasteiger partial charge >= 0.3 is 11.3 Å². The number of hydrogen-bond donors (Lipinski definition) is 0. The van der Waals surface area contributed by atoms with Crippen molar-refractivity contribution < 1.29 is 13.6 Å². The second-order valence-electron chi connectivity index (χ2n) is 4.95. The molecule has 0 aliphatic heterocycles. The Bertz CT molecular complexity index is 1090. The minimum absolute atomic E-state index is 0.302. The Morgan fingerprint density at radius 2 is 1.29 bits per heavy atom. The van der Waals surface area contributed by atoms with Crippen LogP contribution in [0.2, 0.25) is 0 Å². The molecule has 0 fully saturated rings. The van der Waals surface area contributed by atoms with Gasteiger partial charge in [-0.15, -0.1) is 0 Å². The van der Waals surface area contributed by atoms with Gasteiger partial charge in [0.05, 0.1) is 7.11 Å². The smallest absolute Gasteiger partial charge is 0.336 e. The van der Waals surface area contributed by atoms with E-state index in [1.807, 2.05) is 30.3 Å². The monoisotopic (exact) mass is 322 g/mol. The van der Waals surface area contributed by atoms with Crippen molar-refractivity contribution in [3.8, 4) is 5.75 Å². The van der Waals surface area contributed by atoms with Gasteiger partial charge in [0.15, 0.2) is 0 Å². The van der Waals surface area contributed by atoms with Crippen LogP contribution < -0.4 is 16.0 Å². The second-order valence-corrected chi connectivity index (χ2v) is 4.95. The minimum atomic E-state index is -0.347. The van der Waals surface area contributed by atoms with Crippen LogP contribution in [0.1, 0.15) is 0 Å². The Morgan fingerprint density at radius 1 is 0.708 bits per heavy atom. The summed E-state index contributed by atoms with van der Waals surface area (Å²) < 4.78 is 14.9. The van der Waals surface area contributed by atoms with Crippen molar-refractivity contribution in [2.24, 2.45) is 0 Å². The zero-order valence-electron chi connectivity index (χ0n) is 12.9. The summed E-state index contributed by atoms with van der Waals surface area (Å²) in [6.07, 6.45) is 0. The van der Waals surface area contributed by atoms with Gasteiger partial charge in [-0.3, -0.25) is 0 Å². The van der Waals surface area contributed by atoms with E-state index in [9.17, 15) is 9.59 Å². The summed E-state index contributed by atoms with van der Waals surface area (Å²) in [5, 5.41) is 1.84. The quantitative estimate of drug-likeness (QED) is 0.501. The first-order chi connectivity index (χ1) is 11.7. The zero-order valence-corrected chi connectivity index (χ0v) is 12.9. The summed E-state index contributed by atoms with van der Waals surface area (Å²) >= 11 is 0. The molecule has 0 amide bonds. The van der Waals surface area contributed by atoms with E-state index < -0.39 is 0 Å². The Labute approximate surface area is 136 Å². The topological polar surface area (TPSA) is 69.7 Å². The molecule has 0 bridgehead atoms. The maximum Gasteiger partial charge on any atom is 0.336 e. The van der Waals surface area contributed by atoms with Gasteiger partial charge < -0.3 is 13.6 Å². The van der Waals surface area contributed by atoms with Crippen molar-refractivity contribution >= 4 is 21.9 Å². The van der Waals surface area contributed by atoms with Crippen LogP contribution in [-0.4, -0.2) is 7.11 Å². The minimum Gasteiger partial charge on any atom is -0.497 e. The Morgan fingerprint density at radius 3 is 2.00 bits per heavy atom. The predicted octanol–water partition coefficient (Wildman–Crippen LogP) is 3.59. The molecule has 2 aromatic carbocycles. The van der Waals surface area contributed by atoms with E-state index >= 15 is 0 Å². The average Bonchev–Trinajstić information content (AvgIpc) is 2.61. The normalized spacial score (nSPS) is 10.2. The first-order valence-electron chi connectivity index (χ1n) is 7.22. The largest absolute Gasteiger partial charge is 0.497 e. The molecule has 0 saturated heterocycles. The molecule has 2 heterocycles. The highest BCUT2D eigenvalue weighted by molar-refractivity contribution is 5.77. The van der Waals surface area contributed by atoms with E-state index in [0.717, 1.165) is 10.8 Å². The van der Waals surface area contributed by atoms with Gasteiger partial charge in [-0.05, 0) is 30.3 Å². The van der Waals surface area contributed by atoms with Crippen LogP contribution in [0, 0.1) is 0 Å². The fourth-order valence-corrected chi connectivity index (χ4v) is 2.18. The lowest BCUT2D eigenvalue weighted by molar-refractivity contribution is 0.414. The molecule has 0 N–H and O–H groups in total. The summed E-state index contributed by atoms with van der Waals surface area (Å²) in [5.41, 5.74) is 0.538. The molecule has 120 valence electrons. The lowest BCUT2D eigenvalue weighted by Gasteiger charge is -1.99. The van der Waals surface area contributed by atoms with Gasteiger partial charge in [-0.25, -0.2) is 9.59 Å². The summed E-state index contributed by atoms with van der Waals surface area (Å²) in [5.74, 6) is 0.682. The summed E-state index contributed by atoms with van der Waals surface area (Å²) in [7, 11) is 1.57. The fraction of sp³-hybridized carbons (Fsp3) is 0.0526. The number of hydrogen-bond acceptors (Lipinski definition) is 5. The Kier molecular flexibility index (Phi) is 4.43. The van der Waals surface area contributed by atoms with Crippen LogP contribution in [-0.2, 0) is 0 Å². The van der Waals surface area contributed by atoms with Crippen LogP contribution in [0.3, 0.4) is 0 Å². The van der Waals surface area contributed by atoms with Crippen molar-refractivity contribution in [1.82, 2.24) is 0 Å². The Hall–Kier alpha value is -3.34. The van der Waals surface area contributed by atoms with Gasteiger partial charge in [0.25, 0.3) is 0 Å². The molecule has 2 aromatic heterocycles. The van der Waals surface area contributed by atoms with Crippen LogP contribution >= 0.6 is 0 Å². The van der Waals surface area contributed by atoms with E-state index in [-0.39, 0.29) is 11.3 Å². The highest BCUT2D eigenvalue weighted by atomic mass is 16.5. The molecule has 0 radical (unpaired) electrons. The first-order valence-corrected chi connectivity index (χ1v) is 7.22. The lowest BCUT2D eigenvalue weighted by atomic mass is 10.2. The highest BCUT2D eigenvalue weighted by Gasteiger charge is 1.98. The molecular formula is C19H14O5. The molecule has 0 atom stereocenters. The molecule has 0 saturated carbocycles. The molecule has 4 rings (SSSR count). The first kappa shape index (κ1) is 15.6. The van der Waals surface area contributed by atoms with E-state index in [2.05, 4.69) is 0 Å². The molecule has 24 heavy (non-hydrogen) atoms. The number of fused-ring (bicyclic) bond motifs is 2. The van der Waals surface area contributed by atoms with Crippen LogP contribution in [0.4, 0.5) is 0 Å². The maximum absolute atomic E-state index is 10.9. The van der Waals surface area contributed by atoms with Crippen molar-refractivity contribution in [1.29, 1.82) is 0 Å². The van der Waals surface area contributed by atoms with Gasteiger partial charge in [0.1, 0.15) is 16.9 Å². The predicted molar refractivity (Wildman–Crippen MR) is 91.5 cm³/mol. The molecule has 0 unspecified atom stereocenters. The van der Waals surface area contributed by atoms with Gasteiger partial charge in [0.2, 0.25) is 0 Å². The third-order valence-corrected chi connectivity index (χ3v) is 3.36. The second kappa shape index (κ2) is 6.83. The maximum atomic E-state index is 10.9. The summed E-state index contributed by atoms with van der Waals surface area (Å²) in [6.45, 7) is 0. The molecule has 0 aliphatic carbocycles. The number of para-hydroxylation sites is 1. The van der Waals surface area contributed by atoms with E-state index in [4.69, 9.17) is 13.6 Å². The highest BCUT2D eigenvalue weighted by Crippen LogP contribution is 2.18. The van der Waals surface area contributed by atoms with Gasteiger partial charge in [-0.2, -0.15) is 0 Å². The van der Waals surface area contributed by atoms with Crippen molar-refractivity contribution in [3.63, 3.8) is 0 Å². The molecule has 4 aromatic rings. The molecular weight excluding hydrogens is 308 g/mol. The van der Waals surface area contributed by atoms with Crippen molar-refractivity contribution in [3.05, 3.63) is 87.6 Å². The number of rotatable bonds is 1. The van der Waals surface area contributed by atoms with Crippen molar-refractivity contribution in [2.45, 2.75) is 0 Å². The van der Waals surface area contributed by atoms with Gasteiger partial charge in [-0.1, -0.05) is 18.2 Å². The SMILES string of the molecule is COc1ccc2ccc(=O)oc2c1.O=c1ccc2ccccc2o1. The summed E-state index contributed by atoms with van der Waals surface area (Å²) in [6, 6.07) is 19.1. The molecule has 0 aliphatic rings. The summed E-state index contributed by atoms with van der Waals surface area (Å²) in [4.78, 5) is 21.6. The van der Waals surface area contributed by atoms with Crippen molar-refractivity contribution in [2.75, 3.05) is 7.11 Å².